The van der Waals surface area contributed by atoms with Gasteiger partial charge in [0.1, 0.15) is 0 Å². The third kappa shape index (κ3) is 12400. The number of rotatable bonds is 0. The van der Waals surface area contributed by atoms with Crippen molar-refractivity contribution in [2.45, 2.75) is 27.7 Å². The van der Waals surface area contributed by atoms with Crippen molar-refractivity contribution in [3.05, 3.63) is 13.2 Å². The van der Waals surface area contributed by atoms with E-state index < -0.39 is 23.9 Å². The summed E-state index contributed by atoms with van der Waals surface area (Å²) in [5.74, 6) is -3.33. The summed E-state index contributed by atoms with van der Waals surface area (Å²) in [5.41, 5.74) is 0. The van der Waals surface area contributed by atoms with E-state index in [4.69, 9.17) is 39.6 Å². The monoisotopic (exact) mass is 382 g/mol. The molecule has 0 aromatic heterocycles. The molecular formula is C10H28K2N2O8. The molecule has 0 unspecified atom stereocenters. The van der Waals surface area contributed by atoms with E-state index in [1.165, 1.54) is 0 Å². The molecule has 0 aliphatic heterocycles. The second kappa shape index (κ2) is 57.6. The van der Waals surface area contributed by atoms with Crippen molar-refractivity contribution in [1.29, 1.82) is 0 Å². The summed E-state index contributed by atoms with van der Waals surface area (Å²) in [4.78, 5) is 36.0. The van der Waals surface area contributed by atoms with Crippen LogP contribution >= 0.6 is 0 Å². The first kappa shape index (κ1) is 56.9. The second-order valence-corrected chi connectivity index (χ2v) is 2.08. The summed E-state index contributed by atoms with van der Waals surface area (Å²) >= 11 is 0. The van der Waals surface area contributed by atoms with E-state index in [1.54, 1.807) is 0 Å². The van der Waals surface area contributed by atoms with E-state index in [2.05, 4.69) is 13.2 Å². The maximum Gasteiger partial charge on any atom is 1.00 e. The average Bonchev–Trinajstić information content (AvgIpc) is 2.01. The number of carbonyl (C=O) groups is 4. The molecule has 10 nitrogen and oxygen atoms in total. The minimum absolute atomic E-state index is 0. The maximum atomic E-state index is 9.00. The maximum absolute atomic E-state index is 9.00. The van der Waals surface area contributed by atoms with Gasteiger partial charge < -0.3 is 35.6 Å². The molecule has 22 heavy (non-hydrogen) atoms. The number of aliphatic carboxylic acids is 4. The SMILES string of the molecule is C=C.CC(=O)O.CC(=O)O.CC(=O)O.CC(=O)O.N.N.[H-].[H-].[K+].[K+]. The van der Waals surface area contributed by atoms with Crippen molar-refractivity contribution in [3.8, 4) is 0 Å². The quantitative estimate of drug-likeness (QED) is 0.175. The van der Waals surface area contributed by atoms with E-state index in [1.807, 2.05) is 0 Å². The van der Waals surface area contributed by atoms with Crippen molar-refractivity contribution >= 4 is 23.9 Å². The minimum Gasteiger partial charge on any atom is -1.00 e. The molecule has 0 bridgehead atoms. The zero-order valence-corrected chi connectivity index (χ0v) is 20.5. The number of carboxylic acids is 4. The molecule has 12 heteroatoms. The van der Waals surface area contributed by atoms with Crippen LogP contribution in [0, 0.1) is 0 Å². The van der Waals surface area contributed by atoms with Gasteiger partial charge in [-0.15, -0.1) is 13.2 Å². The zero-order valence-electron chi connectivity index (χ0n) is 16.3. The molecular weight excluding hydrogens is 354 g/mol. The van der Waals surface area contributed by atoms with Crippen LogP contribution in [0.5, 0.6) is 0 Å². The van der Waals surface area contributed by atoms with Crippen LogP contribution in [-0.4, -0.2) is 44.3 Å². The molecule has 10 N–H and O–H groups in total. The van der Waals surface area contributed by atoms with Gasteiger partial charge in [0.05, 0.1) is 0 Å². The molecule has 0 aliphatic rings. The molecule has 0 fully saturated rings. The molecule has 0 aromatic carbocycles. The largest absolute Gasteiger partial charge is 1.00 e. The Kier molecular flexibility index (Phi) is 149. The molecule has 0 rings (SSSR count). The predicted octanol–water partition coefficient (Wildman–Crippen LogP) is -4.28. The molecule has 0 spiro atoms. The van der Waals surface area contributed by atoms with Crippen LogP contribution in [0.3, 0.4) is 0 Å². The molecule has 0 atom stereocenters. The number of hydrogen-bond donors (Lipinski definition) is 6. The van der Waals surface area contributed by atoms with Crippen molar-refractivity contribution in [3.63, 3.8) is 0 Å². The second-order valence-electron chi connectivity index (χ2n) is 2.08. The first-order chi connectivity index (χ1) is 7.93. The summed E-state index contributed by atoms with van der Waals surface area (Å²) in [6.45, 7) is 10.3. The zero-order chi connectivity index (χ0) is 16.3. The van der Waals surface area contributed by atoms with E-state index in [-0.39, 0.29) is 118 Å². The van der Waals surface area contributed by atoms with E-state index in [0.717, 1.165) is 27.7 Å². The summed E-state index contributed by atoms with van der Waals surface area (Å²) in [6, 6.07) is 0. The third-order valence-corrected chi connectivity index (χ3v) is 0. The summed E-state index contributed by atoms with van der Waals surface area (Å²) < 4.78 is 0. The van der Waals surface area contributed by atoms with Crippen LogP contribution in [0.4, 0.5) is 0 Å². The molecule has 0 aliphatic carbocycles. The fourth-order valence-electron chi connectivity index (χ4n) is 0. The molecule has 128 valence electrons. The minimum atomic E-state index is -0.833. The van der Waals surface area contributed by atoms with Crippen LogP contribution in [-0.2, 0) is 19.2 Å². The first-order valence-corrected chi connectivity index (χ1v) is 4.21. The van der Waals surface area contributed by atoms with Crippen LogP contribution in [0.15, 0.2) is 13.2 Å². The van der Waals surface area contributed by atoms with Crippen LogP contribution in [0.2, 0.25) is 0 Å². The molecule has 0 radical (unpaired) electrons. The van der Waals surface area contributed by atoms with E-state index in [0.29, 0.717) is 0 Å². The van der Waals surface area contributed by atoms with Crippen LogP contribution in [0.1, 0.15) is 30.5 Å². The van der Waals surface area contributed by atoms with Gasteiger partial charge in [-0.1, -0.05) is 0 Å². The first-order valence-electron chi connectivity index (χ1n) is 4.21. The van der Waals surface area contributed by atoms with Gasteiger partial charge in [0, 0.05) is 27.7 Å². The summed E-state index contributed by atoms with van der Waals surface area (Å²) in [5, 5.41) is 29.7. The average molecular weight is 383 g/mol. The van der Waals surface area contributed by atoms with Gasteiger partial charge in [-0.25, -0.2) is 0 Å². The topological polar surface area (TPSA) is 219 Å². The van der Waals surface area contributed by atoms with Crippen molar-refractivity contribution in [2.75, 3.05) is 0 Å². The van der Waals surface area contributed by atoms with Gasteiger partial charge in [0.15, 0.2) is 0 Å². The van der Waals surface area contributed by atoms with Crippen molar-refractivity contribution in [2.24, 2.45) is 0 Å². The number of hydrogen-bond acceptors (Lipinski definition) is 6. The van der Waals surface area contributed by atoms with Gasteiger partial charge in [-0.2, -0.15) is 0 Å². The van der Waals surface area contributed by atoms with Gasteiger partial charge in [-0.05, 0) is 0 Å². The van der Waals surface area contributed by atoms with Gasteiger partial charge in [0.25, 0.3) is 23.9 Å². The fraction of sp³-hybridized carbons (Fsp3) is 0.400. The Morgan fingerprint density at radius 1 is 0.591 bits per heavy atom. The van der Waals surface area contributed by atoms with Crippen LogP contribution in [0.25, 0.3) is 0 Å². The van der Waals surface area contributed by atoms with Gasteiger partial charge >= 0.3 is 103 Å². The standard InChI is InChI=1S/4C2H4O2.C2H4.2K.2H3N.2H/c4*1-2(3)4;1-2;;;;;;/h4*1H3,(H,3,4);1-2H2;;;2*1H3;;/q;;;;;2*+1;;;2*-1. The molecule has 0 saturated carbocycles. The van der Waals surface area contributed by atoms with Gasteiger partial charge in [-0.3, -0.25) is 19.2 Å². The Labute approximate surface area is 218 Å². The predicted molar refractivity (Wildman–Crippen MR) is 76.8 cm³/mol. The summed E-state index contributed by atoms with van der Waals surface area (Å²) in [6.07, 6.45) is 0. The molecule has 0 aromatic rings. The van der Waals surface area contributed by atoms with Crippen LogP contribution < -0.4 is 115 Å². The van der Waals surface area contributed by atoms with Gasteiger partial charge in [0.2, 0.25) is 0 Å². The number of carboxylic acid groups (broad SMARTS) is 4. The van der Waals surface area contributed by atoms with Crippen molar-refractivity contribution in [1.82, 2.24) is 12.3 Å². The Morgan fingerprint density at radius 2 is 0.591 bits per heavy atom. The Bertz CT molecular complexity index is 199. The van der Waals surface area contributed by atoms with E-state index in [9.17, 15) is 0 Å². The Balaban J connectivity index is -0.00000000932. The molecule has 0 saturated heterocycles. The Hall–Kier alpha value is 0.813. The Morgan fingerprint density at radius 3 is 0.591 bits per heavy atom. The fourth-order valence-corrected chi connectivity index (χ4v) is 0. The molecule has 0 amide bonds. The van der Waals surface area contributed by atoms with Crippen molar-refractivity contribution < 1.29 is 145 Å². The molecule has 0 heterocycles. The smallest absolute Gasteiger partial charge is 1.00 e. The third-order valence-electron chi connectivity index (χ3n) is 0. The summed E-state index contributed by atoms with van der Waals surface area (Å²) in [7, 11) is 0. The normalized spacial score (nSPS) is 4.73. The van der Waals surface area contributed by atoms with E-state index >= 15 is 0 Å².